The molecule has 0 radical (unpaired) electrons. The Kier molecular flexibility index (Phi) is 3.63. The number of nitrogens with one attached hydrogen (secondary N) is 1. The lowest BCUT2D eigenvalue weighted by Crippen LogP contribution is -2.49. The van der Waals surface area contributed by atoms with E-state index in [9.17, 15) is 13.6 Å². The molecule has 5 heteroatoms. The van der Waals surface area contributed by atoms with Gasteiger partial charge in [-0.1, -0.05) is 0 Å². The summed E-state index contributed by atoms with van der Waals surface area (Å²) in [6.45, 7) is 6.46. The summed E-state index contributed by atoms with van der Waals surface area (Å²) in [5.41, 5.74) is -0.172. The molecule has 104 valence electrons. The molecular weight excluding hydrogens is 238 g/mol. The van der Waals surface area contributed by atoms with Gasteiger partial charge in [0.05, 0.1) is 12.6 Å². The predicted octanol–water partition coefficient (Wildman–Crippen LogP) is 1.67. The fraction of sp³-hybridized carbons (Fsp3) is 0.923. The fourth-order valence-electron chi connectivity index (χ4n) is 2.64. The molecule has 0 spiro atoms. The van der Waals surface area contributed by atoms with Crippen LogP contribution in [0.4, 0.5) is 8.78 Å². The fourth-order valence-corrected chi connectivity index (χ4v) is 2.64. The zero-order chi connectivity index (χ0) is 13.5. The van der Waals surface area contributed by atoms with Gasteiger partial charge in [0, 0.05) is 18.0 Å². The van der Waals surface area contributed by atoms with Crippen LogP contribution < -0.4 is 5.32 Å². The average molecular weight is 260 g/mol. The van der Waals surface area contributed by atoms with Gasteiger partial charge in [0.15, 0.2) is 0 Å². The lowest BCUT2D eigenvalue weighted by atomic mass is 9.82. The lowest BCUT2D eigenvalue weighted by Gasteiger charge is -2.32. The van der Waals surface area contributed by atoms with Gasteiger partial charge in [0.2, 0.25) is 5.91 Å². The van der Waals surface area contributed by atoms with Crippen molar-refractivity contribution in [2.75, 3.05) is 13.1 Å². The molecule has 0 aromatic rings. The number of nitrogens with zero attached hydrogens (tertiary/aromatic N) is 1. The first-order chi connectivity index (χ1) is 8.26. The van der Waals surface area contributed by atoms with E-state index in [0.29, 0.717) is 19.4 Å². The molecule has 1 aliphatic heterocycles. The number of carbonyl (C=O) groups is 1. The Morgan fingerprint density at radius 1 is 1.22 bits per heavy atom. The van der Waals surface area contributed by atoms with Gasteiger partial charge in [-0.05, 0) is 33.6 Å². The molecule has 1 aliphatic carbocycles. The largest absolute Gasteiger partial charge is 0.338 e. The first-order valence-electron chi connectivity index (χ1n) is 6.61. The Bertz CT molecular complexity index is 323. The number of hydrogen-bond acceptors (Lipinski definition) is 2. The zero-order valence-corrected chi connectivity index (χ0v) is 11.2. The number of likely N-dealkylation sites (tertiary alicyclic amines) is 1. The quantitative estimate of drug-likeness (QED) is 0.819. The third-order valence-corrected chi connectivity index (χ3v) is 3.61. The van der Waals surface area contributed by atoms with Crippen molar-refractivity contribution in [3.05, 3.63) is 0 Å². The van der Waals surface area contributed by atoms with Crippen LogP contribution in [0.25, 0.3) is 0 Å². The van der Waals surface area contributed by atoms with Gasteiger partial charge in [-0.25, -0.2) is 8.78 Å². The van der Waals surface area contributed by atoms with Crippen molar-refractivity contribution in [2.45, 2.75) is 57.5 Å². The van der Waals surface area contributed by atoms with Crippen molar-refractivity contribution < 1.29 is 13.6 Å². The molecule has 3 nitrogen and oxygen atoms in total. The second kappa shape index (κ2) is 4.76. The van der Waals surface area contributed by atoms with Crippen molar-refractivity contribution in [2.24, 2.45) is 5.92 Å². The summed E-state index contributed by atoms with van der Waals surface area (Å²) in [5, 5.41) is 3.19. The van der Waals surface area contributed by atoms with Crippen molar-refractivity contribution in [1.82, 2.24) is 10.2 Å². The second-order valence-corrected chi connectivity index (χ2v) is 6.53. The Morgan fingerprint density at radius 2 is 1.83 bits per heavy atom. The van der Waals surface area contributed by atoms with Crippen LogP contribution in [0.5, 0.6) is 0 Å². The first-order valence-corrected chi connectivity index (χ1v) is 6.61. The Balaban J connectivity index is 1.88. The minimum atomic E-state index is -1.03. The predicted molar refractivity (Wildman–Crippen MR) is 65.8 cm³/mol. The summed E-state index contributed by atoms with van der Waals surface area (Å²) in [6, 6.07) is -0.310. The van der Waals surface area contributed by atoms with E-state index in [4.69, 9.17) is 0 Å². The highest BCUT2D eigenvalue weighted by molar-refractivity contribution is 5.80. The molecular formula is C13H22F2N2O. The van der Waals surface area contributed by atoms with Crippen LogP contribution in [-0.2, 0) is 4.79 Å². The monoisotopic (exact) mass is 260 g/mol. The van der Waals surface area contributed by atoms with Crippen LogP contribution >= 0.6 is 0 Å². The van der Waals surface area contributed by atoms with E-state index in [0.717, 1.165) is 0 Å². The summed E-state index contributed by atoms with van der Waals surface area (Å²) in [4.78, 5) is 13.5. The van der Waals surface area contributed by atoms with E-state index in [-0.39, 0.29) is 30.0 Å². The summed E-state index contributed by atoms with van der Waals surface area (Å²) < 4.78 is 26.6. The van der Waals surface area contributed by atoms with Gasteiger partial charge in [0.1, 0.15) is 12.3 Å². The summed E-state index contributed by atoms with van der Waals surface area (Å²) in [6.07, 6.45) is -1.26. The summed E-state index contributed by atoms with van der Waals surface area (Å²) in [7, 11) is 0. The third kappa shape index (κ3) is 2.99. The van der Waals surface area contributed by atoms with Crippen molar-refractivity contribution in [3.63, 3.8) is 0 Å². The van der Waals surface area contributed by atoms with E-state index in [1.807, 2.05) is 20.8 Å². The number of rotatable bonds is 2. The normalized spacial score (nSPS) is 36.6. The van der Waals surface area contributed by atoms with Crippen LogP contribution in [0.2, 0.25) is 0 Å². The maximum atomic E-state index is 13.9. The van der Waals surface area contributed by atoms with E-state index in [1.165, 1.54) is 0 Å². The van der Waals surface area contributed by atoms with Crippen LogP contribution in [0, 0.1) is 5.92 Å². The number of amides is 1. The standard InChI is InChI=1S/C13H22F2N2O/c1-13(2,3)16-11-7-17(6-10(11)15)12(18)8-4-9(14)5-8/h8-11,16H,4-7H2,1-3H3/t8?,9?,10-,11?/m0/s1. The van der Waals surface area contributed by atoms with Gasteiger partial charge in [0.25, 0.3) is 0 Å². The molecule has 2 aliphatic rings. The highest BCUT2D eigenvalue weighted by atomic mass is 19.1. The first kappa shape index (κ1) is 13.7. The molecule has 0 aromatic carbocycles. The summed E-state index contributed by atoms with van der Waals surface area (Å²) >= 11 is 0. The van der Waals surface area contributed by atoms with Gasteiger partial charge in [-0.15, -0.1) is 0 Å². The maximum Gasteiger partial charge on any atom is 0.226 e. The molecule has 2 rings (SSSR count). The van der Waals surface area contributed by atoms with E-state index < -0.39 is 12.3 Å². The topological polar surface area (TPSA) is 32.3 Å². The number of halogens is 2. The van der Waals surface area contributed by atoms with E-state index in [1.54, 1.807) is 4.90 Å². The lowest BCUT2D eigenvalue weighted by molar-refractivity contribution is -0.139. The van der Waals surface area contributed by atoms with Crippen LogP contribution in [0.3, 0.4) is 0 Å². The van der Waals surface area contributed by atoms with Crippen LogP contribution in [0.15, 0.2) is 0 Å². The van der Waals surface area contributed by atoms with E-state index in [2.05, 4.69) is 5.32 Å². The highest BCUT2D eigenvalue weighted by Gasteiger charge is 2.42. The van der Waals surface area contributed by atoms with Crippen molar-refractivity contribution >= 4 is 5.91 Å². The van der Waals surface area contributed by atoms with E-state index >= 15 is 0 Å². The van der Waals surface area contributed by atoms with Crippen LogP contribution in [-0.4, -0.2) is 47.8 Å². The van der Waals surface area contributed by atoms with Gasteiger partial charge >= 0.3 is 0 Å². The zero-order valence-electron chi connectivity index (χ0n) is 11.2. The number of alkyl halides is 2. The molecule has 2 fully saturated rings. The molecule has 2 atom stereocenters. The van der Waals surface area contributed by atoms with Gasteiger partial charge in [-0.3, -0.25) is 4.79 Å². The Hall–Kier alpha value is -0.710. The van der Waals surface area contributed by atoms with Crippen molar-refractivity contribution in [3.8, 4) is 0 Å². The molecule has 0 bridgehead atoms. The van der Waals surface area contributed by atoms with Crippen molar-refractivity contribution in [1.29, 1.82) is 0 Å². The molecule has 1 saturated heterocycles. The van der Waals surface area contributed by atoms with Gasteiger partial charge < -0.3 is 10.2 Å². The number of hydrogen-bond donors (Lipinski definition) is 1. The molecule has 1 N–H and O–H groups in total. The molecule has 1 saturated carbocycles. The molecule has 0 aromatic heterocycles. The Morgan fingerprint density at radius 3 is 2.33 bits per heavy atom. The molecule has 1 heterocycles. The smallest absolute Gasteiger partial charge is 0.226 e. The highest BCUT2D eigenvalue weighted by Crippen LogP contribution is 2.32. The SMILES string of the molecule is CC(C)(C)NC1CN(C(=O)C2CC(F)C2)C[C@@H]1F. The minimum Gasteiger partial charge on any atom is -0.338 e. The number of carbonyl (C=O) groups excluding carboxylic acids is 1. The minimum absolute atomic E-state index is 0.0789. The second-order valence-electron chi connectivity index (χ2n) is 6.53. The molecule has 1 amide bonds. The van der Waals surface area contributed by atoms with Gasteiger partial charge in [-0.2, -0.15) is 0 Å². The maximum absolute atomic E-state index is 13.9. The summed E-state index contributed by atoms with van der Waals surface area (Å²) in [5.74, 6) is -0.301. The molecule has 1 unspecified atom stereocenters. The van der Waals surface area contributed by atoms with Crippen LogP contribution in [0.1, 0.15) is 33.6 Å². The molecule has 18 heavy (non-hydrogen) atoms. The third-order valence-electron chi connectivity index (χ3n) is 3.61. The Labute approximate surface area is 107 Å². The average Bonchev–Trinajstić information content (AvgIpc) is 2.52.